The normalized spacial score (nSPS) is 10.7. The summed E-state index contributed by atoms with van der Waals surface area (Å²) in [6, 6.07) is 7.34. The number of hydrogen-bond acceptors (Lipinski definition) is 4. The molecule has 0 spiro atoms. The summed E-state index contributed by atoms with van der Waals surface area (Å²) in [6.07, 6.45) is 3.35. The Bertz CT molecular complexity index is 676. The third-order valence-corrected chi connectivity index (χ3v) is 4.00. The van der Waals surface area contributed by atoms with Crippen LogP contribution in [0.25, 0.3) is 6.08 Å². The first kappa shape index (κ1) is 16.1. The molecule has 0 aliphatic heterocycles. The lowest BCUT2D eigenvalue weighted by Gasteiger charge is -2.11. The number of nitrogens with one attached hydrogen (secondary N) is 1. The molecule has 0 saturated heterocycles. The summed E-state index contributed by atoms with van der Waals surface area (Å²) in [5.74, 6) is 1.07. The standard InChI is InChI=1S/C17H19NO3S/c1-4-21-14-6-5-13(11-15(14)20-3)18-17(19)8-7-16-12(2)9-10-22-16/h5-11H,4H2,1-3H3,(H,18,19)/b8-7+. The number of carbonyl (C=O) groups excluding carboxylic acids is 1. The predicted octanol–water partition coefficient (Wildman–Crippen LogP) is 4.12. The van der Waals surface area contributed by atoms with Crippen LogP contribution in [0.5, 0.6) is 11.5 Å². The summed E-state index contributed by atoms with van der Waals surface area (Å²) in [5.41, 5.74) is 1.83. The van der Waals surface area contributed by atoms with Crippen LogP contribution in [0.1, 0.15) is 17.4 Å². The van der Waals surface area contributed by atoms with Crippen molar-refractivity contribution >= 4 is 29.0 Å². The molecule has 1 heterocycles. The molecule has 22 heavy (non-hydrogen) atoms. The van der Waals surface area contributed by atoms with E-state index < -0.39 is 0 Å². The van der Waals surface area contributed by atoms with E-state index in [0.29, 0.717) is 23.8 Å². The number of carbonyl (C=O) groups is 1. The van der Waals surface area contributed by atoms with E-state index in [0.717, 1.165) is 10.4 Å². The van der Waals surface area contributed by atoms with E-state index in [4.69, 9.17) is 9.47 Å². The minimum atomic E-state index is -0.181. The smallest absolute Gasteiger partial charge is 0.248 e. The van der Waals surface area contributed by atoms with Crippen LogP contribution in [-0.2, 0) is 4.79 Å². The molecule has 0 unspecified atom stereocenters. The van der Waals surface area contributed by atoms with Gasteiger partial charge in [-0.05, 0) is 49.1 Å². The number of rotatable bonds is 6. The van der Waals surface area contributed by atoms with Crippen LogP contribution in [0.15, 0.2) is 35.7 Å². The molecule has 1 aromatic heterocycles. The van der Waals surface area contributed by atoms with Gasteiger partial charge in [-0.25, -0.2) is 0 Å². The molecule has 0 saturated carbocycles. The molecule has 0 aliphatic carbocycles. The maximum Gasteiger partial charge on any atom is 0.248 e. The highest BCUT2D eigenvalue weighted by Crippen LogP contribution is 2.30. The van der Waals surface area contributed by atoms with Crippen LogP contribution in [-0.4, -0.2) is 19.6 Å². The average molecular weight is 317 g/mol. The molecule has 116 valence electrons. The van der Waals surface area contributed by atoms with Crippen molar-refractivity contribution in [3.8, 4) is 11.5 Å². The number of aryl methyl sites for hydroxylation is 1. The van der Waals surface area contributed by atoms with Gasteiger partial charge < -0.3 is 14.8 Å². The zero-order chi connectivity index (χ0) is 15.9. The zero-order valence-electron chi connectivity index (χ0n) is 12.9. The van der Waals surface area contributed by atoms with Crippen LogP contribution >= 0.6 is 11.3 Å². The fraction of sp³-hybridized carbons (Fsp3) is 0.235. The van der Waals surface area contributed by atoms with Gasteiger partial charge in [0.1, 0.15) is 0 Å². The van der Waals surface area contributed by atoms with Crippen molar-refractivity contribution in [1.82, 2.24) is 0 Å². The zero-order valence-corrected chi connectivity index (χ0v) is 13.7. The number of ether oxygens (including phenoxy) is 2. The van der Waals surface area contributed by atoms with Crippen LogP contribution in [0.4, 0.5) is 5.69 Å². The highest BCUT2D eigenvalue weighted by molar-refractivity contribution is 7.11. The summed E-state index contributed by atoms with van der Waals surface area (Å²) in [6.45, 7) is 4.49. The molecule has 5 heteroatoms. The van der Waals surface area contributed by atoms with E-state index >= 15 is 0 Å². The first-order valence-corrected chi connectivity index (χ1v) is 7.86. The van der Waals surface area contributed by atoms with E-state index in [1.54, 1.807) is 36.6 Å². The summed E-state index contributed by atoms with van der Waals surface area (Å²) in [5, 5.41) is 4.82. The monoisotopic (exact) mass is 317 g/mol. The fourth-order valence-electron chi connectivity index (χ4n) is 1.91. The van der Waals surface area contributed by atoms with Gasteiger partial charge in [-0.1, -0.05) is 0 Å². The van der Waals surface area contributed by atoms with Crippen LogP contribution < -0.4 is 14.8 Å². The Kier molecular flexibility index (Phi) is 5.61. The summed E-state index contributed by atoms with van der Waals surface area (Å²) < 4.78 is 10.7. The SMILES string of the molecule is CCOc1ccc(NC(=O)/C=C/c2sccc2C)cc1OC. The van der Waals surface area contributed by atoms with Crippen LogP contribution in [0.3, 0.4) is 0 Å². The van der Waals surface area contributed by atoms with Gasteiger partial charge in [0.25, 0.3) is 0 Å². The summed E-state index contributed by atoms with van der Waals surface area (Å²) in [4.78, 5) is 13.0. The second-order valence-corrected chi connectivity index (χ2v) is 5.54. The maximum absolute atomic E-state index is 12.0. The van der Waals surface area contributed by atoms with Gasteiger partial charge in [0.15, 0.2) is 11.5 Å². The van der Waals surface area contributed by atoms with Crippen molar-refractivity contribution < 1.29 is 14.3 Å². The minimum Gasteiger partial charge on any atom is -0.493 e. The summed E-state index contributed by atoms with van der Waals surface area (Å²) >= 11 is 1.61. The van der Waals surface area contributed by atoms with E-state index in [9.17, 15) is 4.79 Å². The molecule has 0 radical (unpaired) electrons. The molecular weight excluding hydrogens is 298 g/mol. The van der Waals surface area contributed by atoms with Gasteiger partial charge in [-0.2, -0.15) is 0 Å². The Morgan fingerprint density at radius 1 is 1.32 bits per heavy atom. The third kappa shape index (κ3) is 4.11. The third-order valence-electron chi connectivity index (χ3n) is 3.02. The summed E-state index contributed by atoms with van der Waals surface area (Å²) in [7, 11) is 1.57. The fourth-order valence-corrected chi connectivity index (χ4v) is 2.73. The molecule has 0 aliphatic rings. The molecule has 1 aromatic carbocycles. The second-order valence-electron chi connectivity index (χ2n) is 4.59. The minimum absolute atomic E-state index is 0.181. The molecule has 2 aromatic rings. The quantitative estimate of drug-likeness (QED) is 0.815. The van der Waals surface area contributed by atoms with Gasteiger partial charge in [0.2, 0.25) is 5.91 Å². The Hall–Kier alpha value is -2.27. The molecule has 0 bridgehead atoms. The first-order valence-electron chi connectivity index (χ1n) is 6.98. The lowest BCUT2D eigenvalue weighted by atomic mass is 10.2. The van der Waals surface area contributed by atoms with Crippen molar-refractivity contribution in [2.24, 2.45) is 0 Å². The Labute approximate surface area is 134 Å². The van der Waals surface area contributed by atoms with Gasteiger partial charge >= 0.3 is 0 Å². The van der Waals surface area contributed by atoms with Gasteiger partial charge in [-0.3, -0.25) is 4.79 Å². The number of hydrogen-bond donors (Lipinski definition) is 1. The predicted molar refractivity (Wildman–Crippen MR) is 90.9 cm³/mol. The van der Waals surface area contributed by atoms with Gasteiger partial charge in [0, 0.05) is 22.7 Å². The van der Waals surface area contributed by atoms with Crippen molar-refractivity contribution in [1.29, 1.82) is 0 Å². The highest BCUT2D eigenvalue weighted by Gasteiger charge is 2.06. The molecule has 1 N–H and O–H groups in total. The van der Waals surface area contributed by atoms with Gasteiger partial charge in [0.05, 0.1) is 13.7 Å². The number of amides is 1. The lowest BCUT2D eigenvalue weighted by Crippen LogP contribution is -2.08. The van der Waals surface area contributed by atoms with Crippen LogP contribution in [0.2, 0.25) is 0 Å². The second kappa shape index (κ2) is 7.66. The van der Waals surface area contributed by atoms with E-state index in [-0.39, 0.29) is 5.91 Å². The Balaban J connectivity index is 2.05. The molecule has 1 amide bonds. The molecule has 0 atom stereocenters. The first-order chi connectivity index (χ1) is 10.6. The maximum atomic E-state index is 12.0. The molecule has 4 nitrogen and oxygen atoms in total. The van der Waals surface area contributed by atoms with Crippen LogP contribution in [0, 0.1) is 6.92 Å². The van der Waals surface area contributed by atoms with Crippen molar-refractivity contribution in [2.45, 2.75) is 13.8 Å². The van der Waals surface area contributed by atoms with Crippen molar-refractivity contribution in [2.75, 3.05) is 19.0 Å². The molecule has 2 rings (SSSR count). The van der Waals surface area contributed by atoms with Crippen molar-refractivity contribution in [3.63, 3.8) is 0 Å². The average Bonchev–Trinajstić information content (AvgIpc) is 2.92. The topological polar surface area (TPSA) is 47.6 Å². The van der Waals surface area contributed by atoms with E-state index in [1.165, 1.54) is 6.08 Å². The largest absolute Gasteiger partial charge is 0.493 e. The highest BCUT2D eigenvalue weighted by atomic mass is 32.1. The number of methoxy groups -OCH3 is 1. The molecular formula is C17H19NO3S. The van der Waals surface area contributed by atoms with E-state index in [1.807, 2.05) is 31.4 Å². The van der Waals surface area contributed by atoms with E-state index in [2.05, 4.69) is 5.32 Å². The lowest BCUT2D eigenvalue weighted by molar-refractivity contribution is -0.111. The Morgan fingerprint density at radius 3 is 2.77 bits per heavy atom. The number of thiophene rings is 1. The van der Waals surface area contributed by atoms with Gasteiger partial charge in [-0.15, -0.1) is 11.3 Å². The molecule has 0 fully saturated rings. The van der Waals surface area contributed by atoms with Crippen molar-refractivity contribution in [3.05, 3.63) is 46.2 Å². The number of benzene rings is 1. The number of anilines is 1. The Morgan fingerprint density at radius 2 is 2.14 bits per heavy atom.